The molecule has 2 aromatic carbocycles. The number of nitrogens with zero attached hydrogens (tertiary/aromatic N) is 2. The van der Waals surface area contributed by atoms with Gasteiger partial charge >= 0.3 is 6.03 Å². The van der Waals surface area contributed by atoms with Crippen LogP contribution in [0.1, 0.15) is 36.0 Å². The number of hydrogen-bond acceptors (Lipinski definition) is 1. The number of hydrogen-bond donors (Lipinski definition) is 0. The number of fused-ring (bicyclic) bond motifs is 3. The van der Waals surface area contributed by atoms with Crippen LogP contribution in [0.2, 0.25) is 0 Å². The molecule has 132 valence electrons. The maximum absolute atomic E-state index is 13.2. The average Bonchev–Trinajstić information content (AvgIpc) is 3.06. The molecule has 1 saturated heterocycles. The summed E-state index contributed by atoms with van der Waals surface area (Å²) in [6, 6.07) is 17.2. The van der Waals surface area contributed by atoms with E-state index in [0.717, 1.165) is 51.0 Å². The normalized spacial score (nSPS) is 20.2. The van der Waals surface area contributed by atoms with Crippen molar-refractivity contribution in [1.82, 2.24) is 4.90 Å². The summed E-state index contributed by atoms with van der Waals surface area (Å²) in [6.45, 7) is 2.49. The SMILES string of the molecule is O=C(N1CCC2(C=Cc3ccccc32)CC1)N1CCCc2ccccc21. The fourth-order valence-electron chi connectivity index (χ4n) is 4.87. The largest absolute Gasteiger partial charge is 0.324 e. The highest BCUT2D eigenvalue weighted by atomic mass is 16.2. The molecule has 0 bridgehead atoms. The number of allylic oxidation sites excluding steroid dienone is 1. The van der Waals surface area contributed by atoms with Crippen LogP contribution in [0.3, 0.4) is 0 Å². The minimum absolute atomic E-state index is 0.132. The van der Waals surface area contributed by atoms with Crippen LogP contribution in [-0.2, 0) is 11.8 Å². The van der Waals surface area contributed by atoms with Crippen LogP contribution in [-0.4, -0.2) is 30.6 Å². The fraction of sp³-hybridized carbons (Fsp3) is 0.348. The molecule has 0 atom stereocenters. The molecule has 0 N–H and O–H groups in total. The van der Waals surface area contributed by atoms with E-state index in [0.29, 0.717) is 0 Å². The molecular weight excluding hydrogens is 320 g/mol. The zero-order chi connectivity index (χ0) is 17.6. The number of carbonyl (C=O) groups is 1. The van der Waals surface area contributed by atoms with E-state index in [9.17, 15) is 4.79 Å². The minimum Gasteiger partial charge on any atom is -0.324 e. The summed E-state index contributed by atoms with van der Waals surface area (Å²) in [5.41, 5.74) is 5.32. The van der Waals surface area contributed by atoms with Crippen molar-refractivity contribution in [2.24, 2.45) is 0 Å². The second-order valence-electron chi connectivity index (χ2n) is 7.73. The van der Waals surface area contributed by atoms with Crippen molar-refractivity contribution in [3.8, 4) is 0 Å². The second-order valence-corrected chi connectivity index (χ2v) is 7.73. The number of carbonyl (C=O) groups excluding carboxylic acids is 1. The summed E-state index contributed by atoms with van der Waals surface area (Å²) in [5, 5.41) is 0. The molecule has 1 aliphatic carbocycles. The molecule has 1 spiro atoms. The summed E-state index contributed by atoms with van der Waals surface area (Å²) >= 11 is 0. The second kappa shape index (κ2) is 6.01. The predicted octanol–water partition coefficient (Wildman–Crippen LogP) is 4.62. The van der Waals surface area contributed by atoms with Gasteiger partial charge in [-0.15, -0.1) is 0 Å². The van der Waals surface area contributed by atoms with E-state index in [4.69, 9.17) is 0 Å². The van der Waals surface area contributed by atoms with E-state index in [-0.39, 0.29) is 11.4 Å². The van der Waals surface area contributed by atoms with Crippen LogP contribution in [0.15, 0.2) is 54.6 Å². The number of para-hydroxylation sites is 1. The highest BCUT2D eigenvalue weighted by Gasteiger charge is 2.40. The van der Waals surface area contributed by atoms with Gasteiger partial charge in [-0.2, -0.15) is 0 Å². The first kappa shape index (κ1) is 15.7. The van der Waals surface area contributed by atoms with Gasteiger partial charge in [0.2, 0.25) is 0 Å². The van der Waals surface area contributed by atoms with Crippen LogP contribution in [0, 0.1) is 0 Å². The Kier molecular flexibility index (Phi) is 3.63. The summed E-state index contributed by atoms with van der Waals surface area (Å²) in [5.74, 6) is 0. The number of amides is 2. The van der Waals surface area contributed by atoms with Crippen molar-refractivity contribution in [2.75, 3.05) is 24.5 Å². The van der Waals surface area contributed by atoms with Crippen LogP contribution in [0.25, 0.3) is 6.08 Å². The Morgan fingerprint density at radius 2 is 1.69 bits per heavy atom. The van der Waals surface area contributed by atoms with E-state index < -0.39 is 0 Å². The van der Waals surface area contributed by atoms with Gasteiger partial charge in [-0.1, -0.05) is 54.6 Å². The van der Waals surface area contributed by atoms with E-state index in [2.05, 4.69) is 59.5 Å². The van der Waals surface area contributed by atoms with Crippen molar-refractivity contribution < 1.29 is 4.79 Å². The Hall–Kier alpha value is -2.55. The van der Waals surface area contributed by atoms with Crippen LogP contribution in [0.4, 0.5) is 10.5 Å². The van der Waals surface area contributed by atoms with E-state index in [1.54, 1.807) is 0 Å². The quantitative estimate of drug-likeness (QED) is 0.684. The molecule has 2 aliphatic heterocycles. The van der Waals surface area contributed by atoms with Crippen LogP contribution < -0.4 is 4.90 Å². The summed E-state index contributed by atoms with van der Waals surface area (Å²) < 4.78 is 0. The van der Waals surface area contributed by atoms with Gasteiger partial charge in [0, 0.05) is 30.7 Å². The van der Waals surface area contributed by atoms with Crippen LogP contribution >= 0.6 is 0 Å². The Morgan fingerprint density at radius 3 is 2.58 bits per heavy atom. The molecule has 0 aromatic heterocycles. The maximum Gasteiger partial charge on any atom is 0.324 e. The van der Waals surface area contributed by atoms with E-state index in [1.807, 2.05) is 11.0 Å². The first-order valence-electron chi connectivity index (χ1n) is 9.70. The van der Waals surface area contributed by atoms with Crippen molar-refractivity contribution >= 4 is 17.8 Å². The molecule has 2 amide bonds. The van der Waals surface area contributed by atoms with Gasteiger partial charge in [0.25, 0.3) is 0 Å². The monoisotopic (exact) mass is 344 g/mol. The predicted molar refractivity (Wildman–Crippen MR) is 105 cm³/mol. The lowest BCUT2D eigenvalue weighted by Crippen LogP contribution is -2.50. The molecule has 3 aliphatic rings. The summed E-state index contributed by atoms with van der Waals surface area (Å²) in [4.78, 5) is 17.3. The number of benzene rings is 2. The Balaban J connectivity index is 1.34. The van der Waals surface area contributed by atoms with Crippen molar-refractivity contribution in [3.63, 3.8) is 0 Å². The average molecular weight is 344 g/mol. The van der Waals surface area contributed by atoms with E-state index in [1.165, 1.54) is 16.7 Å². The van der Waals surface area contributed by atoms with Gasteiger partial charge < -0.3 is 4.90 Å². The van der Waals surface area contributed by atoms with Gasteiger partial charge in [-0.3, -0.25) is 4.90 Å². The topological polar surface area (TPSA) is 23.6 Å². The number of piperidine rings is 1. The fourth-order valence-corrected chi connectivity index (χ4v) is 4.87. The third-order valence-corrected chi connectivity index (χ3v) is 6.35. The molecule has 3 heteroatoms. The lowest BCUT2D eigenvalue weighted by molar-refractivity contribution is 0.176. The minimum atomic E-state index is 0.132. The first-order chi connectivity index (χ1) is 12.8. The lowest BCUT2D eigenvalue weighted by atomic mass is 9.74. The zero-order valence-electron chi connectivity index (χ0n) is 15.0. The Labute approximate surface area is 154 Å². The number of urea groups is 1. The molecule has 0 saturated carbocycles. The zero-order valence-corrected chi connectivity index (χ0v) is 15.0. The third kappa shape index (κ3) is 2.38. The van der Waals surface area contributed by atoms with Gasteiger partial charge in [0.1, 0.15) is 0 Å². The van der Waals surface area contributed by atoms with Crippen LogP contribution in [0.5, 0.6) is 0 Å². The molecular formula is C23H24N2O. The van der Waals surface area contributed by atoms with Gasteiger partial charge in [-0.25, -0.2) is 4.79 Å². The Bertz CT molecular complexity index is 877. The summed E-state index contributed by atoms with van der Waals surface area (Å²) in [6.07, 6.45) is 8.79. The van der Waals surface area contributed by atoms with Crippen molar-refractivity contribution in [1.29, 1.82) is 0 Å². The smallest absolute Gasteiger partial charge is 0.324 e. The lowest BCUT2D eigenvalue weighted by Gasteiger charge is -2.42. The van der Waals surface area contributed by atoms with E-state index >= 15 is 0 Å². The number of likely N-dealkylation sites (tertiary alicyclic amines) is 1. The third-order valence-electron chi connectivity index (χ3n) is 6.35. The molecule has 2 aromatic rings. The number of rotatable bonds is 0. The molecule has 0 unspecified atom stereocenters. The molecule has 2 heterocycles. The van der Waals surface area contributed by atoms with Gasteiger partial charge in [0.15, 0.2) is 0 Å². The first-order valence-corrected chi connectivity index (χ1v) is 9.70. The highest BCUT2D eigenvalue weighted by molar-refractivity contribution is 5.93. The van der Waals surface area contributed by atoms with Crippen molar-refractivity contribution in [3.05, 3.63) is 71.3 Å². The summed E-state index contributed by atoms with van der Waals surface area (Å²) in [7, 11) is 0. The standard InChI is InChI=1S/C23H24N2O/c26-22(25-15-5-8-19-7-2-4-10-21(19)25)24-16-13-23(14-17-24)12-11-18-6-1-3-9-20(18)23/h1-4,6-7,9-12H,5,8,13-17H2. The van der Waals surface area contributed by atoms with Gasteiger partial charge in [-0.05, 0) is 48.4 Å². The molecule has 1 fully saturated rings. The molecule has 5 rings (SSSR count). The number of anilines is 1. The molecule has 3 nitrogen and oxygen atoms in total. The highest BCUT2D eigenvalue weighted by Crippen LogP contribution is 2.43. The number of aryl methyl sites for hydroxylation is 1. The van der Waals surface area contributed by atoms with Crippen molar-refractivity contribution in [2.45, 2.75) is 31.1 Å². The Morgan fingerprint density at radius 1 is 0.923 bits per heavy atom. The molecule has 26 heavy (non-hydrogen) atoms. The molecule has 0 radical (unpaired) electrons. The maximum atomic E-state index is 13.2. The van der Waals surface area contributed by atoms with Gasteiger partial charge in [0.05, 0.1) is 0 Å².